The van der Waals surface area contributed by atoms with Crippen molar-refractivity contribution in [1.82, 2.24) is 15.2 Å². The molecule has 2 aromatic carbocycles. The summed E-state index contributed by atoms with van der Waals surface area (Å²) >= 11 is 0.300. The molecule has 3 aromatic rings. The number of H-pyrrole nitrogens is 1. The molecule has 0 aliphatic heterocycles. The molecule has 7 nitrogen and oxygen atoms in total. The standard InChI is InChI=1S/C12H9N5O.CH4.ClH.O.Zr/c18-10-6-5-8-3-1-2-4-9(8)11(10)15-17-12-13-7-14-16-12;;;;/h1-7,18H,(H,13,14,16);1H4;1H;;. The van der Waals surface area contributed by atoms with Gasteiger partial charge >= 0.3 is 27.5 Å². The molecule has 0 spiro atoms. The van der Waals surface area contributed by atoms with Crippen LogP contribution in [0.3, 0.4) is 0 Å². The second kappa shape index (κ2) is 10.0. The van der Waals surface area contributed by atoms with Crippen molar-refractivity contribution in [3.8, 4) is 5.75 Å². The second-order valence-electron chi connectivity index (χ2n) is 3.66. The Hall–Kier alpha value is -1.79. The van der Waals surface area contributed by atoms with Gasteiger partial charge < -0.3 is 5.11 Å². The molecule has 3 rings (SSSR count). The molecule has 2 N–H and O–H groups in total. The Morgan fingerprint density at radius 2 is 1.82 bits per heavy atom. The molecule has 0 amide bonds. The van der Waals surface area contributed by atoms with Crippen molar-refractivity contribution in [2.45, 2.75) is 7.43 Å². The molecule has 9 heteroatoms. The fraction of sp³-hybridized carbons (Fsp3) is 0.0769. The third-order valence-electron chi connectivity index (χ3n) is 2.53. The van der Waals surface area contributed by atoms with E-state index >= 15 is 0 Å². The average Bonchev–Trinajstić information content (AvgIpc) is 3.02. The minimum atomic E-state index is 0. The van der Waals surface area contributed by atoms with Crippen molar-refractivity contribution >= 4 is 34.8 Å². The second-order valence-corrected chi connectivity index (χ2v) is 3.66. The monoisotopic (exact) mass is 397 g/mol. The summed E-state index contributed by atoms with van der Waals surface area (Å²) in [6.45, 7) is 0. The van der Waals surface area contributed by atoms with Gasteiger partial charge in [0.15, 0.2) is 0 Å². The first-order valence-electron chi connectivity index (χ1n) is 5.53. The molecule has 114 valence electrons. The molecule has 0 aliphatic rings. The number of aromatic amines is 1. The van der Waals surface area contributed by atoms with Gasteiger partial charge in [-0.2, -0.15) is 10.1 Å². The zero-order valence-corrected chi connectivity index (χ0v) is 13.9. The minimum absolute atomic E-state index is 0. The van der Waals surface area contributed by atoms with E-state index in [0.717, 1.165) is 10.8 Å². The van der Waals surface area contributed by atoms with Crippen LogP contribution < -0.4 is 0 Å². The Labute approximate surface area is 148 Å². The molecule has 0 bridgehead atoms. The Kier molecular flexibility index (Phi) is 9.21. The number of phenolic OH excluding ortho intramolecular Hbond substituents is 1. The van der Waals surface area contributed by atoms with E-state index in [1.165, 1.54) is 6.33 Å². The van der Waals surface area contributed by atoms with Crippen LogP contribution in [0.5, 0.6) is 5.75 Å². The average molecular weight is 399 g/mol. The first-order chi connectivity index (χ1) is 9.84. The Bertz CT molecular complexity index is 736. The van der Waals surface area contributed by atoms with Crippen molar-refractivity contribution in [2.24, 2.45) is 10.2 Å². The van der Waals surface area contributed by atoms with Gasteiger partial charge in [-0.15, -0.1) is 22.6 Å². The van der Waals surface area contributed by atoms with Crippen LogP contribution in [0.25, 0.3) is 10.8 Å². The van der Waals surface area contributed by atoms with E-state index in [9.17, 15) is 5.11 Å². The summed E-state index contributed by atoms with van der Waals surface area (Å²) in [7, 11) is 0. The number of rotatable bonds is 2. The van der Waals surface area contributed by atoms with E-state index in [0.29, 0.717) is 36.4 Å². The van der Waals surface area contributed by atoms with Gasteiger partial charge in [0, 0.05) is 5.39 Å². The van der Waals surface area contributed by atoms with E-state index in [1.807, 2.05) is 30.3 Å². The zero-order valence-electron chi connectivity index (χ0n) is 10.6. The SMILES string of the molecule is C.Cl.Oc1ccc2ccccc2c1N=Nc1ncn[nH]1.[O]=[Zr]. The van der Waals surface area contributed by atoms with E-state index in [2.05, 4.69) is 25.4 Å². The Morgan fingerprint density at radius 1 is 1.09 bits per heavy atom. The van der Waals surface area contributed by atoms with Crippen LogP contribution >= 0.6 is 12.4 Å². The van der Waals surface area contributed by atoms with Crippen LogP contribution in [0.2, 0.25) is 0 Å². The molecule has 0 unspecified atom stereocenters. The molecular weight excluding hydrogens is 385 g/mol. The predicted octanol–water partition coefficient (Wildman–Crippen LogP) is 4.02. The summed E-state index contributed by atoms with van der Waals surface area (Å²) in [6.07, 6.45) is 1.34. The fourth-order valence-electron chi connectivity index (χ4n) is 1.69. The molecule has 0 radical (unpaired) electrons. The van der Waals surface area contributed by atoms with E-state index < -0.39 is 0 Å². The number of nitrogens with zero attached hydrogens (tertiary/aromatic N) is 4. The van der Waals surface area contributed by atoms with Crippen molar-refractivity contribution in [2.75, 3.05) is 0 Å². The molecule has 0 saturated carbocycles. The molecular formula is C13H14ClN5O2Zr. The Morgan fingerprint density at radius 3 is 2.50 bits per heavy atom. The number of azo groups is 1. The number of fused-ring (bicyclic) bond motifs is 1. The third kappa shape index (κ3) is 4.61. The van der Waals surface area contributed by atoms with Crippen molar-refractivity contribution in [3.63, 3.8) is 0 Å². The molecule has 0 atom stereocenters. The maximum absolute atomic E-state index is 9.84. The predicted molar refractivity (Wildman–Crippen MR) is 80.8 cm³/mol. The first kappa shape index (κ1) is 20.2. The van der Waals surface area contributed by atoms with Crippen LogP contribution in [-0.2, 0) is 27.5 Å². The number of benzene rings is 2. The molecule has 0 saturated heterocycles. The van der Waals surface area contributed by atoms with Gasteiger partial charge in [0.25, 0.3) is 5.95 Å². The van der Waals surface area contributed by atoms with Crippen molar-refractivity contribution in [3.05, 3.63) is 42.7 Å². The van der Waals surface area contributed by atoms with Crippen molar-refractivity contribution < 1.29 is 32.6 Å². The third-order valence-corrected chi connectivity index (χ3v) is 2.53. The Balaban J connectivity index is 0.00000106. The molecule has 22 heavy (non-hydrogen) atoms. The summed E-state index contributed by atoms with van der Waals surface area (Å²) < 4.78 is 8.34. The van der Waals surface area contributed by atoms with Gasteiger partial charge in [-0.25, -0.2) is 5.10 Å². The van der Waals surface area contributed by atoms with Gasteiger partial charge in [0.2, 0.25) is 0 Å². The summed E-state index contributed by atoms with van der Waals surface area (Å²) in [5, 5.41) is 25.8. The summed E-state index contributed by atoms with van der Waals surface area (Å²) in [6, 6.07) is 11.1. The summed E-state index contributed by atoms with van der Waals surface area (Å²) in [5.74, 6) is 0.374. The topological polar surface area (TPSA) is 104 Å². The van der Waals surface area contributed by atoms with Gasteiger partial charge in [0.1, 0.15) is 17.8 Å². The number of aromatic hydroxyl groups is 1. The van der Waals surface area contributed by atoms with Crippen LogP contribution in [0, 0.1) is 0 Å². The quantitative estimate of drug-likeness (QED) is 0.636. The van der Waals surface area contributed by atoms with E-state index in [1.54, 1.807) is 6.07 Å². The van der Waals surface area contributed by atoms with Gasteiger partial charge in [-0.1, -0.05) is 37.8 Å². The van der Waals surface area contributed by atoms with Gasteiger partial charge in [-0.05, 0) is 11.5 Å². The molecule has 1 heterocycles. The first-order valence-corrected chi connectivity index (χ1v) is 6.53. The number of hydrogen-bond acceptors (Lipinski definition) is 6. The number of hydrogen-bond donors (Lipinski definition) is 2. The number of phenols is 1. The van der Waals surface area contributed by atoms with Crippen molar-refractivity contribution in [1.29, 1.82) is 0 Å². The van der Waals surface area contributed by atoms with Crippen LogP contribution in [0.15, 0.2) is 53.0 Å². The fourth-order valence-corrected chi connectivity index (χ4v) is 1.69. The van der Waals surface area contributed by atoms with Gasteiger partial charge in [0.05, 0.1) is 0 Å². The number of halogens is 1. The molecule has 0 aliphatic carbocycles. The normalized spacial score (nSPS) is 9.41. The zero-order chi connectivity index (χ0) is 14.4. The molecule has 0 fully saturated rings. The van der Waals surface area contributed by atoms with Crippen LogP contribution in [0.1, 0.15) is 7.43 Å². The van der Waals surface area contributed by atoms with E-state index in [4.69, 9.17) is 2.81 Å². The summed E-state index contributed by atoms with van der Waals surface area (Å²) in [5.41, 5.74) is 0.421. The number of nitrogens with one attached hydrogen (secondary N) is 1. The molecule has 1 aromatic heterocycles. The van der Waals surface area contributed by atoms with Gasteiger partial charge in [-0.3, -0.25) is 0 Å². The summed E-state index contributed by atoms with van der Waals surface area (Å²) in [4.78, 5) is 3.83. The van der Waals surface area contributed by atoms with E-state index in [-0.39, 0.29) is 25.6 Å². The maximum atomic E-state index is 9.84. The van der Waals surface area contributed by atoms with Crippen LogP contribution in [0.4, 0.5) is 11.6 Å². The number of aromatic nitrogens is 3. The van der Waals surface area contributed by atoms with Crippen LogP contribution in [-0.4, -0.2) is 20.3 Å².